The van der Waals surface area contributed by atoms with Crippen LogP contribution in [0.25, 0.3) is 0 Å². The summed E-state index contributed by atoms with van der Waals surface area (Å²) in [5, 5.41) is 0. The van der Waals surface area contributed by atoms with Gasteiger partial charge in [-0.1, -0.05) is 78.9 Å². The minimum atomic E-state index is -3.64. The van der Waals surface area contributed by atoms with Crippen LogP contribution in [0, 0.1) is 0 Å². The summed E-state index contributed by atoms with van der Waals surface area (Å²) in [4.78, 5) is 0. The van der Waals surface area contributed by atoms with E-state index in [9.17, 15) is 16.8 Å². The fraction of sp³-hybridized carbons (Fsp3) is 0.222. The molecule has 3 aliphatic rings. The molecule has 0 fully saturated rings. The largest absolute Gasteiger partial charge is 0.497 e. The summed E-state index contributed by atoms with van der Waals surface area (Å²) >= 11 is 0. The van der Waals surface area contributed by atoms with Crippen molar-refractivity contribution in [3.05, 3.63) is 185 Å². The number of pyridine rings is 1. The molecular formula is C45H44N3O6S2+. The van der Waals surface area contributed by atoms with Gasteiger partial charge in [0.05, 0.1) is 57.1 Å². The summed E-state index contributed by atoms with van der Waals surface area (Å²) in [6.45, 7) is 0.342. The van der Waals surface area contributed by atoms with Gasteiger partial charge in [0, 0.05) is 29.5 Å². The van der Waals surface area contributed by atoms with Gasteiger partial charge in [0.2, 0.25) is 20.0 Å². The van der Waals surface area contributed by atoms with E-state index < -0.39 is 25.5 Å². The van der Waals surface area contributed by atoms with Crippen molar-refractivity contribution in [2.45, 2.75) is 36.9 Å². The molecule has 2 bridgehead atoms. The molecule has 0 saturated heterocycles. The van der Waals surface area contributed by atoms with Crippen molar-refractivity contribution in [1.29, 1.82) is 0 Å². The first-order chi connectivity index (χ1) is 26.9. The monoisotopic (exact) mass is 786 g/mol. The average Bonchev–Trinajstić information content (AvgIpc) is 3.21. The van der Waals surface area contributed by atoms with Gasteiger partial charge >= 0.3 is 0 Å². The lowest BCUT2D eigenvalue weighted by Crippen LogP contribution is -2.60. The Hall–Kier alpha value is -5.65. The highest BCUT2D eigenvalue weighted by molar-refractivity contribution is 7.92. The second-order valence-corrected chi connectivity index (χ2v) is 18.4. The Bertz CT molecular complexity index is 2420. The molecule has 0 radical (unpaired) electrons. The van der Waals surface area contributed by atoms with E-state index in [4.69, 9.17) is 9.47 Å². The van der Waals surface area contributed by atoms with E-state index in [0.29, 0.717) is 22.9 Å². The lowest BCUT2D eigenvalue weighted by atomic mass is 9.53. The highest BCUT2D eigenvalue weighted by atomic mass is 32.2. The number of methoxy groups -OCH3 is 2. The van der Waals surface area contributed by atoms with Gasteiger partial charge in [0.15, 0.2) is 17.9 Å². The first-order valence-electron chi connectivity index (χ1n) is 18.4. The molecule has 56 heavy (non-hydrogen) atoms. The number of benzene rings is 5. The van der Waals surface area contributed by atoms with Crippen molar-refractivity contribution in [1.82, 2.24) is 0 Å². The number of nitrogens with zero attached hydrogens (tertiary/aromatic N) is 3. The minimum absolute atomic E-state index is 0.0388. The first kappa shape index (κ1) is 37.3. The SMILES string of the molecule is COc1ccc(CN(c2ccc(C3(c4ccc(N(Cc5ccc(OC)cc5)S(C)(=O)=O)cc4)CC4c5ccccc5C3c3cccc[n+]34)cc2)S(C)(=O)=O)cc1. The average molecular weight is 787 g/mol. The molecule has 0 amide bonds. The molecule has 9 nitrogen and oxygen atoms in total. The Morgan fingerprint density at radius 1 is 0.589 bits per heavy atom. The molecule has 0 spiro atoms. The molecule has 1 aromatic heterocycles. The number of hydrogen-bond donors (Lipinski definition) is 0. The normalized spacial score (nSPS) is 16.7. The Labute approximate surface area is 329 Å². The van der Waals surface area contributed by atoms with Crippen LogP contribution in [0.3, 0.4) is 0 Å². The van der Waals surface area contributed by atoms with Crippen molar-refractivity contribution in [3.8, 4) is 11.5 Å². The van der Waals surface area contributed by atoms with Crippen LogP contribution in [-0.2, 0) is 38.6 Å². The third-order valence-electron chi connectivity index (χ3n) is 11.3. The van der Waals surface area contributed by atoms with Crippen LogP contribution >= 0.6 is 0 Å². The van der Waals surface area contributed by atoms with Gasteiger partial charge in [-0.3, -0.25) is 8.61 Å². The molecule has 11 heteroatoms. The second-order valence-electron chi connectivity index (χ2n) is 14.6. The van der Waals surface area contributed by atoms with Gasteiger partial charge < -0.3 is 9.47 Å². The van der Waals surface area contributed by atoms with E-state index in [1.807, 2.05) is 72.8 Å². The Kier molecular flexibility index (Phi) is 9.62. The van der Waals surface area contributed by atoms with E-state index in [1.54, 1.807) is 14.2 Å². The summed E-state index contributed by atoms with van der Waals surface area (Å²) in [6, 6.07) is 45.7. The van der Waals surface area contributed by atoms with Crippen LogP contribution in [0.1, 0.15) is 57.5 Å². The fourth-order valence-electron chi connectivity index (χ4n) is 8.71. The molecule has 0 N–H and O–H groups in total. The molecule has 9 rings (SSSR count). The quantitative estimate of drug-likeness (QED) is 0.121. The molecule has 2 aliphatic heterocycles. The Morgan fingerprint density at radius 2 is 1.04 bits per heavy atom. The van der Waals surface area contributed by atoms with Gasteiger partial charge in [-0.2, -0.15) is 4.57 Å². The van der Waals surface area contributed by atoms with Crippen molar-refractivity contribution in [2.24, 2.45) is 0 Å². The predicted octanol–water partition coefficient (Wildman–Crippen LogP) is 7.35. The van der Waals surface area contributed by atoms with Crippen LogP contribution < -0.4 is 22.7 Å². The van der Waals surface area contributed by atoms with E-state index in [-0.39, 0.29) is 25.0 Å². The van der Waals surface area contributed by atoms with Gasteiger partial charge in [-0.25, -0.2) is 16.8 Å². The third kappa shape index (κ3) is 6.68. The number of hydrogen-bond acceptors (Lipinski definition) is 6. The number of fused-ring (bicyclic) bond motifs is 1. The van der Waals surface area contributed by atoms with Gasteiger partial charge in [0.25, 0.3) is 0 Å². The zero-order valence-corrected chi connectivity index (χ0v) is 33.4. The van der Waals surface area contributed by atoms with E-state index in [1.165, 1.54) is 37.9 Å². The smallest absolute Gasteiger partial charge is 0.232 e. The molecule has 6 aromatic rings. The van der Waals surface area contributed by atoms with Gasteiger partial charge in [-0.15, -0.1) is 0 Å². The van der Waals surface area contributed by atoms with Crippen molar-refractivity contribution < 1.29 is 30.9 Å². The summed E-state index contributed by atoms with van der Waals surface area (Å²) in [6.07, 6.45) is 5.36. The molecule has 1 aliphatic carbocycles. The number of anilines is 2. The van der Waals surface area contributed by atoms with Gasteiger partial charge in [-0.05, 0) is 76.3 Å². The standard InChI is InChI=1S/C45H44N3O6S2/c1-53-38-24-12-32(13-25-38)30-47(55(3,49)50)36-20-16-34(17-21-36)45(29-43-40-9-5-6-10-41(40)44(45)42-11-7-8-28-46(42)43)35-18-22-37(23-19-35)48(56(4,51)52)31-33-14-26-39(54-2)27-15-33/h5-28,43-44H,29-31H2,1-4H3/q+1. The predicted molar refractivity (Wildman–Crippen MR) is 219 cm³/mol. The highest BCUT2D eigenvalue weighted by Gasteiger charge is 2.59. The Balaban J connectivity index is 1.24. The van der Waals surface area contributed by atoms with Crippen LogP contribution in [-0.4, -0.2) is 43.6 Å². The third-order valence-corrected chi connectivity index (χ3v) is 13.6. The summed E-state index contributed by atoms with van der Waals surface area (Å²) in [7, 11) is -4.08. The zero-order valence-electron chi connectivity index (χ0n) is 31.7. The van der Waals surface area contributed by atoms with Crippen molar-refractivity contribution in [3.63, 3.8) is 0 Å². The van der Waals surface area contributed by atoms with Gasteiger partial charge in [0.1, 0.15) is 11.5 Å². The topological polar surface area (TPSA) is 97.1 Å². The molecular weight excluding hydrogens is 743 g/mol. The van der Waals surface area contributed by atoms with E-state index >= 15 is 0 Å². The molecule has 3 heterocycles. The maximum atomic E-state index is 13.3. The lowest BCUT2D eigenvalue weighted by molar-refractivity contribution is -0.732. The summed E-state index contributed by atoms with van der Waals surface area (Å²) < 4.78 is 68.9. The molecule has 2 unspecified atom stereocenters. The fourth-order valence-corrected chi connectivity index (χ4v) is 10.5. The maximum Gasteiger partial charge on any atom is 0.232 e. The first-order valence-corrected chi connectivity index (χ1v) is 22.1. The molecule has 5 aromatic carbocycles. The van der Waals surface area contributed by atoms with Crippen LogP contribution in [0.5, 0.6) is 11.5 Å². The summed E-state index contributed by atoms with van der Waals surface area (Å²) in [5.41, 5.74) is 8.04. The molecule has 286 valence electrons. The minimum Gasteiger partial charge on any atom is -0.497 e. The van der Waals surface area contributed by atoms with Crippen LogP contribution in [0.15, 0.2) is 146 Å². The number of ether oxygens (including phenoxy) is 2. The maximum absolute atomic E-state index is 13.3. The Morgan fingerprint density at radius 3 is 1.48 bits per heavy atom. The van der Waals surface area contributed by atoms with Crippen LogP contribution in [0.2, 0.25) is 0 Å². The molecule has 2 atom stereocenters. The number of rotatable bonds is 12. The number of aromatic nitrogens is 1. The lowest BCUT2D eigenvalue weighted by Gasteiger charge is -2.50. The zero-order chi connectivity index (χ0) is 39.2. The number of sulfonamides is 2. The van der Waals surface area contributed by atoms with Crippen molar-refractivity contribution >= 4 is 31.4 Å². The molecule has 0 saturated carbocycles. The summed E-state index contributed by atoms with van der Waals surface area (Å²) in [5.74, 6) is 1.32. The van der Waals surface area contributed by atoms with E-state index in [2.05, 4.69) is 77.5 Å². The van der Waals surface area contributed by atoms with Crippen LogP contribution in [0.4, 0.5) is 11.4 Å². The van der Waals surface area contributed by atoms with Crippen molar-refractivity contribution in [2.75, 3.05) is 35.3 Å². The highest BCUT2D eigenvalue weighted by Crippen LogP contribution is 2.59. The van der Waals surface area contributed by atoms with E-state index in [0.717, 1.165) is 28.7 Å². The second kappa shape index (κ2) is 14.5.